The zero-order chi connectivity index (χ0) is 12.1. The minimum absolute atomic E-state index is 0.0452. The van der Waals surface area contributed by atoms with Gasteiger partial charge in [-0.2, -0.15) is 0 Å². The van der Waals surface area contributed by atoms with E-state index in [9.17, 15) is 10.1 Å². The fraction of sp³-hybridized carbons (Fsp3) is 0.667. The Morgan fingerprint density at radius 3 is 2.94 bits per heavy atom. The van der Waals surface area contributed by atoms with E-state index >= 15 is 0 Å². The largest absolute Gasteiger partial charge is 0.399 e. The third-order valence-corrected chi connectivity index (χ3v) is 2.73. The van der Waals surface area contributed by atoms with Crippen LogP contribution in [0.15, 0.2) is 16.9 Å². The first kappa shape index (κ1) is 12.9. The summed E-state index contributed by atoms with van der Waals surface area (Å²) in [7, 11) is 0. The monoisotopic (exact) mass is 247 g/mol. The van der Waals surface area contributed by atoms with Gasteiger partial charge in [-0.15, -0.1) is 0 Å². The first-order valence-electron chi connectivity index (χ1n) is 4.94. The summed E-state index contributed by atoms with van der Waals surface area (Å²) in [5.41, 5.74) is 4.76. The van der Waals surface area contributed by atoms with Crippen molar-refractivity contribution in [3.8, 4) is 0 Å². The maximum atomic E-state index is 10.6. The molecule has 0 aromatic rings. The van der Waals surface area contributed by atoms with E-state index in [2.05, 4.69) is 4.99 Å². The number of rotatable bonds is 3. The number of aliphatic imine (C=N–C) groups is 1. The van der Waals surface area contributed by atoms with Crippen LogP contribution in [0.5, 0.6) is 0 Å². The lowest BCUT2D eigenvalue weighted by molar-refractivity contribution is -0.414. The fourth-order valence-corrected chi connectivity index (χ4v) is 1.73. The summed E-state index contributed by atoms with van der Waals surface area (Å²) in [6.07, 6.45) is 1.57. The highest BCUT2D eigenvalue weighted by Gasteiger charge is 2.24. The van der Waals surface area contributed by atoms with Crippen molar-refractivity contribution in [1.82, 2.24) is 0 Å². The number of hydrogen-bond donors (Lipinski definition) is 1. The lowest BCUT2D eigenvalue weighted by Crippen LogP contribution is -2.29. The maximum Gasteiger partial charge on any atom is 0.321 e. The smallest absolute Gasteiger partial charge is 0.321 e. The van der Waals surface area contributed by atoms with E-state index in [4.69, 9.17) is 22.1 Å². The second kappa shape index (κ2) is 5.81. The van der Waals surface area contributed by atoms with Crippen molar-refractivity contribution >= 4 is 16.8 Å². The van der Waals surface area contributed by atoms with E-state index in [-0.39, 0.29) is 22.8 Å². The molecule has 1 fully saturated rings. The van der Waals surface area contributed by atoms with Crippen molar-refractivity contribution in [2.24, 2.45) is 16.6 Å². The van der Waals surface area contributed by atoms with Crippen LogP contribution < -0.4 is 5.73 Å². The standard InChI is InChI=1S/C9H14ClN3O3/c1-6-5-16-3-2-7(6)12-9(10)8(4-11)13(14)15/h4,6-7H,2-3,5,11H2,1H3. The number of hydrogen-bond acceptors (Lipinski definition) is 5. The highest BCUT2D eigenvalue weighted by molar-refractivity contribution is 6.69. The molecule has 16 heavy (non-hydrogen) atoms. The molecule has 7 heteroatoms. The Hall–Kier alpha value is -1.14. The predicted molar refractivity (Wildman–Crippen MR) is 60.9 cm³/mol. The molecule has 2 N–H and O–H groups in total. The molecule has 1 aliphatic heterocycles. The average molecular weight is 248 g/mol. The Labute approximate surface area is 98.3 Å². The van der Waals surface area contributed by atoms with Crippen LogP contribution in [0.1, 0.15) is 13.3 Å². The van der Waals surface area contributed by atoms with E-state index in [1.54, 1.807) is 0 Å². The quantitative estimate of drug-likeness (QED) is 0.460. The molecule has 2 atom stereocenters. The highest BCUT2D eigenvalue weighted by atomic mass is 35.5. The van der Waals surface area contributed by atoms with Crippen molar-refractivity contribution in [2.75, 3.05) is 13.2 Å². The summed E-state index contributed by atoms with van der Waals surface area (Å²) < 4.78 is 5.24. The molecule has 0 amide bonds. The van der Waals surface area contributed by atoms with Gasteiger partial charge in [-0.1, -0.05) is 18.5 Å². The molecule has 90 valence electrons. The van der Waals surface area contributed by atoms with Gasteiger partial charge in [0.25, 0.3) is 0 Å². The molecule has 1 aliphatic rings. The Morgan fingerprint density at radius 1 is 1.75 bits per heavy atom. The molecule has 0 saturated carbocycles. The van der Waals surface area contributed by atoms with E-state index in [1.807, 2.05) is 6.92 Å². The van der Waals surface area contributed by atoms with E-state index in [0.717, 1.165) is 6.20 Å². The van der Waals surface area contributed by atoms with Gasteiger partial charge in [0.2, 0.25) is 5.17 Å². The molecule has 0 aromatic carbocycles. The number of ether oxygens (including phenoxy) is 1. The molecule has 0 spiro atoms. The molecule has 0 radical (unpaired) electrons. The number of nitrogens with two attached hydrogens (primary N) is 1. The number of nitrogens with zero attached hydrogens (tertiary/aromatic N) is 2. The van der Waals surface area contributed by atoms with Gasteiger partial charge in [0.05, 0.1) is 23.8 Å². The normalized spacial score (nSPS) is 27.9. The summed E-state index contributed by atoms with van der Waals surface area (Å²) in [4.78, 5) is 14.0. The third-order valence-electron chi connectivity index (χ3n) is 2.44. The molecule has 1 saturated heterocycles. The van der Waals surface area contributed by atoms with E-state index < -0.39 is 4.92 Å². The number of allylic oxidation sites excluding steroid dienone is 1. The first-order chi connectivity index (χ1) is 7.56. The molecule has 1 heterocycles. The second-order valence-corrected chi connectivity index (χ2v) is 4.00. The van der Waals surface area contributed by atoms with Crippen LogP contribution in [0.4, 0.5) is 0 Å². The lowest BCUT2D eigenvalue weighted by atomic mass is 9.99. The number of halogens is 1. The molecular weight excluding hydrogens is 234 g/mol. The lowest BCUT2D eigenvalue weighted by Gasteiger charge is -2.25. The van der Waals surface area contributed by atoms with Crippen LogP contribution in [0.25, 0.3) is 0 Å². The summed E-state index contributed by atoms with van der Waals surface area (Å²) in [5.74, 6) is 0.202. The fourth-order valence-electron chi connectivity index (χ4n) is 1.48. The SMILES string of the molecule is CC1COCCC1N=C(Cl)C(=CN)[N+](=O)[O-]. The molecule has 2 unspecified atom stereocenters. The van der Waals surface area contributed by atoms with Crippen molar-refractivity contribution in [3.05, 3.63) is 22.0 Å². The minimum atomic E-state index is -0.643. The first-order valence-corrected chi connectivity index (χ1v) is 5.31. The molecular formula is C9H14ClN3O3. The van der Waals surface area contributed by atoms with Gasteiger partial charge in [0.15, 0.2) is 0 Å². The zero-order valence-corrected chi connectivity index (χ0v) is 9.68. The topological polar surface area (TPSA) is 90.8 Å². The van der Waals surface area contributed by atoms with Crippen molar-refractivity contribution in [3.63, 3.8) is 0 Å². The predicted octanol–water partition coefficient (Wildman–Crippen LogP) is 1.13. The molecule has 0 aliphatic carbocycles. The van der Waals surface area contributed by atoms with Crippen LogP contribution in [-0.2, 0) is 4.74 Å². The van der Waals surface area contributed by atoms with Crippen molar-refractivity contribution in [1.29, 1.82) is 0 Å². The summed E-state index contributed by atoms with van der Waals surface area (Å²) in [6, 6.07) is -0.0452. The van der Waals surface area contributed by atoms with Gasteiger partial charge < -0.3 is 10.5 Å². The molecule has 0 aromatic heterocycles. The van der Waals surface area contributed by atoms with Crippen molar-refractivity contribution < 1.29 is 9.66 Å². The Bertz CT molecular complexity index is 330. The minimum Gasteiger partial charge on any atom is -0.399 e. The van der Waals surface area contributed by atoms with Gasteiger partial charge >= 0.3 is 5.70 Å². The Kier molecular flexibility index (Phi) is 4.70. The summed E-state index contributed by atoms with van der Waals surface area (Å²) in [6.45, 7) is 3.16. The van der Waals surface area contributed by atoms with Crippen LogP contribution in [0, 0.1) is 16.0 Å². The van der Waals surface area contributed by atoms with Gasteiger partial charge in [0.1, 0.15) is 0 Å². The molecule has 0 bridgehead atoms. The van der Waals surface area contributed by atoms with Crippen LogP contribution in [0.2, 0.25) is 0 Å². The molecule has 1 rings (SSSR count). The maximum absolute atomic E-state index is 10.6. The van der Waals surface area contributed by atoms with Crippen LogP contribution >= 0.6 is 11.6 Å². The van der Waals surface area contributed by atoms with E-state index in [1.165, 1.54) is 0 Å². The summed E-state index contributed by atoms with van der Waals surface area (Å²) >= 11 is 5.76. The van der Waals surface area contributed by atoms with Crippen molar-refractivity contribution in [2.45, 2.75) is 19.4 Å². The van der Waals surface area contributed by atoms with Gasteiger partial charge in [-0.3, -0.25) is 15.1 Å². The average Bonchev–Trinajstić information content (AvgIpc) is 2.22. The zero-order valence-electron chi connectivity index (χ0n) is 8.93. The van der Waals surface area contributed by atoms with Crippen LogP contribution in [-0.4, -0.2) is 29.3 Å². The molecule has 6 nitrogen and oxygen atoms in total. The second-order valence-electron chi connectivity index (χ2n) is 3.64. The van der Waals surface area contributed by atoms with E-state index in [0.29, 0.717) is 19.6 Å². The highest BCUT2D eigenvalue weighted by Crippen LogP contribution is 2.19. The number of nitro groups is 1. The summed E-state index contributed by atoms with van der Waals surface area (Å²) in [5, 5.41) is 10.4. The third kappa shape index (κ3) is 3.18. The Balaban J connectivity index is 2.78. The van der Waals surface area contributed by atoms with Gasteiger partial charge in [0, 0.05) is 12.5 Å². The van der Waals surface area contributed by atoms with Crippen LogP contribution in [0.3, 0.4) is 0 Å². The Morgan fingerprint density at radius 2 is 2.44 bits per heavy atom. The van der Waals surface area contributed by atoms with Gasteiger partial charge in [-0.25, -0.2) is 0 Å². The van der Waals surface area contributed by atoms with Gasteiger partial charge in [-0.05, 0) is 6.42 Å².